The Morgan fingerprint density at radius 2 is 1.77 bits per heavy atom. The van der Waals surface area contributed by atoms with Crippen molar-refractivity contribution in [3.05, 3.63) is 106 Å². The number of hydrogen-bond donors (Lipinski definition) is 2. The number of nitrogens with zero attached hydrogens (tertiary/aromatic N) is 3. The summed E-state index contributed by atoms with van der Waals surface area (Å²) in [6.45, 7) is -1.14. The number of morpholine rings is 1. The number of para-hydroxylation sites is 1. The van der Waals surface area contributed by atoms with Crippen LogP contribution in [0, 0.1) is 11.6 Å². The molecule has 0 aliphatic carbocycles. The topological polar surface area (TPSA) is 114 Å². The summed E-state index contributed by atoms with van der Waals surface area (Å²) in [7, 11) is 1.65. The molecule has 2 N–H and O–H groups in total. The molecule has 0 unspecified atom stereocenters. The molecular formula is C34H27F5N4O5. The molecule has 6 rings (SSSR count). The summed E-state index contributed by atoms with van der Waals surface area (Å²) in [6.07, 6.45) is -3.57. The number of aryl methyl sites for hydroxylation is 1. The van der Waals surface area contributed by atoms with Gasteiger partial charge in [0.05, 0.1) is 24.2 Å². The van der Waals surface area contributed by atoms with Crippen molar-refractivity contribution in [3.8, 4) is 11.1 Å². The van der Waals surface area contributed by atoms with E-state index in [2.05, 4.69) is 10.3 Å². The van der Waals surface area contributed by atoms with E-state index in [9.17, 15) is 32.7 Å². The van der Waals surface area contributed by atoms with Crippen LogP contribution < -0.4 is 15.8 Å². The molecule has 5 aromatic rings. The second-order valence-corrected chi connectivity index (χ2v) is 11.3. The van der Waals surface area contributed by atoms with Crippen molar-refractivity contribution in [2.75, 3.05) is 24.7 Å². The normalized spacial score (nSPS) is 15.9. The Balaban J connectivity index is 1.30. The fourth-order valence-corrected chi connectivity index (χ4v) is 6.02. The molecule has 48 heavy (non-hydrogen) atoms. The SMILES string of the molecule is Cn1c(=O)c(-c2ccc(C[C@H](NC(=O)c3c(F)cc(N4CCOC[C@@H]4C(F)(F)F)cc3F)C(=O)O)c3cccnc23)cc2ccccc21. The van der Waals surface area contributed by atoms with Crippen LogP contribution in [0.1, 0.15) is 15.9 Å². The molecule has 14 heteroatoms. The summed E-state index contributed by atoms with van der Waals surface area (Å²) in [5.74, 6) is -5.84. The second-order valence-electron chi connectivity index (χ2n) is 11.3. The Kier molecular flexibility index (Phi) is 8.60. The predicted molar refractivity (Wildman–Crippen MR) is 167 cm³/mol. The number of alkyl halides is 3. The van der Waals surface area contributed by atoms with E-state index >= 15 is 8.78 Å². The highest BCUT2D eigenvalue weighted by molar-refractivity contribution is 5.99. The van der Waals surface area contributed by atoms with Crippen molar-refractivity contribution < 1.29 is 41.4 Å². The van der Waals surface area contributed by atoms with E-state index in [4.69, 9.17) is 4.74 Å². The smallest absolute Gasteiger partial charge is 0.411 e. The van der Waals surface area contributed by atoms with Crippen LogP contribution in [0.15, 0.2) is 77.7 Å². The van der Waals surface area contributed by atoms with Gasteiger partial charge in [0.2, 0.25) is 0 Å². The molecule has 0 spiro atoms. The van der Waals surface area contributed by atoms with Crippen LogP contribution in [0.2, 0.25) is 0 Å². The first kappa shape index (κ1) is 32.6. The van der Waals surface area contributed by atoms with Crippen LogP contribution in [0.3, 0.4) is 0 Å². The lowest BCUT2D eigenvalue weighted by molar-refractivity contribution is -0.167. The van der Waals surface area contributed by atoms with E-state index in [0.29, 0.717) is 39.7 Å². The number of ether oxygens (including phenoxy) is 1. The number of halogens is 5. The Hall–Kier alpha value is -5.37. The maximum absolute atomic E-state index is 15.2. The van der Waals surface area contributed by atoms with Crippen molar-refractivity contribution in [3.63, 3.8) is 0 Å². The summed E-state index contributed by atoms with van der Waals surface area (Å²) >= 11 is 0. The van der Waals surface area contributed by atoms with E-state index in [1.54, 1.807) is 37.4 Å². The number of fused-ring (bicyclic) bond motifs is 2. The lowest BCUT2D eigenvalue weighted by Crippen LogP contribution is -2.53. The van der Waals surface area contributed by atoms with Gasteiger partial charge in [0, 0.05) is 48.4 Å². The number of aliphatic carboxylic acids is 1. The molecule has 9 nitrogen and oxygen atoms in total. The van der Waals surface area contributed by atoms with Crippen molar-refractivity contribution in [1.82, 2.24) is 14.9 Å². The van der Waals surface area contributed by atoms with Gasteiger partial charge < -0.3 is 24.6 Å². The second kappa shape index (κ2) is 12.7. The van der Waals surface area contributed by atoms with Crippen LogP contribution in [0.4, 0.5) is 27.6 Å². The average molecular weight is 667 g/mol. The third-order valence-electron chi connectivity index (χ3n) is 8.40. The molecule has 1 fully saturated rings. The molecule has 1 aliphatic rings. The Bertz CT molecular complexity index is 2110. The van der Waals surface area contributed by atoms with Crippen molar-refractivity contribution in [2.45, 2.75) is 24.7 Å². The van der Waals surface area contributed by atoms with E-state index in [0.717, 1.165) is 15.8 Å². The molecule has 0 bridgehead atoms. The first-order valence-electron chi connectivity index (χ1n) is 14.7. The monoisotopic (exact) mass is 666 g/mol. The summed E-state index contributed by atoms with van der Waals surface area (Å²) in [5.41, 5.74) is 0.533. The van der Waals surface area contributed by atoms with Gasteiger partial charge in [-0.3, -0.25) is 14.6 Å². The van der Waals surface area contributed by atoms with Gasteiger partial charge in [-0.25, -0.2) is 13.6 Å². The Morgan fingerprint density at radius 3 is 2.48 bits per heavy atom. The molecular weight excluding hydrogens is 639 g/mol. The minimum absolute atomic E-state index is 0.109. The number of benzene rings is 3. The van der Waals surface area contributed by atoms with Gasteiger partial charge in [0.15, 0.2) is 0 Å². The van der Waals surface area contributed by atoms with Crippen LogP contribution >= 0.6 is 0 Å². The molecule has 1 amide bonds. The van der Waals surface area contributed by atoms with E-state index in [1.165, 1.54) is 10.8 Å². The summed E-state index contributed by atoms with van der Waals surface area (Å²) < 4.78 is 77.3. The number of carboxylic acids is 1. The number of nitrogens with one attached hydrogen (secondary N) is 1. The molecule has 0 saturated carbocycles. The van der Waals surface area contributed by atoms with Crippen LogP contribution in [-0.4, -0.2) is 64.6 Å². The van der Waals surface area contributed by atoms with Crippen molar-refractivity contribution in [1.29, 1.82) is 0 Å². The first-order chi connectivity index (χ1) is 22.8. The van der Waals surface area contributed by atoms with Gasteiger partial charge in [-0.15, -0.1) is 0 Å². The highest BCUT2D eigenvalue weighted by Gasteiger charge is 2.46. The molecule has 2 atom stereocenters. The molecule has 2 aromatic heterocycles. The summed E-state index contributed by atoms with van der Waals surface area (Å²) in [4.78, 5) is 43.9. The molecule has 3 aromatic carbocycles. The quantitative estimate of drug-likeness (QED) is 0.229. The molecule has 1 saturated heterocycles. The molecule has 0 radical (unpaired) electrons. The largest absolute Gasteiger partial charge is 0.480 e. The highest BCUT2D eigenvalue weighted by atomic mass is 19.4. The number of rotatable bonds is 7. The van der Waals surface area contributed by atoms with Gasteiger partial charge in [0.1, 0.15) is 29.3 Å². The van der Waals surface area contributed by atoms with Crippen molar-refractivity contribution >= 4 is 39.4 Å². The van der Waals surface area contributed by atoms with Crippen LogP contribution in [0.5, 0.6) is 0 Å². The fraction of sp³-hybridized carbons (Fsp3) is 0.235. The number of carbonyl (C=O) groups is 2. The number of carboxylic acid groups (broad SMARTS) is 1. The van der Waals surface area contributed by atoms with Gasteiger partial charge in [0.25, 0.3) is 11.5 Å². The zero-order chi connectivity index (χ0) is 34.3. The number of aromatic nitrogens is 2. The maximum Gasteiger partial charge on any atom is 0.411 e. The minimum atomic E-state index is -4.75. The zero-order valence-corrected chi connectivity index (χ0v) is 25.2. The summed E-state index contributed by atoms with van der Waals surface area (Å²) in [6, 6.07) is 13.0. The van der Waals surface area contributed by atoms with Gasteiger partial charge >= 0.3 is 12.1 Å². The minimum Gasteiger partial charge on any atom is -0.480 e. The zero-order valence-electron chi connectivity index (χ0n) is 25.2. The highest BCUT2D eigenvalue weighted by Crippen LogP contribution is 2.33. The number of carbonyl (C=O) groups excluding carboxylic acids is 1. The van der Waals surface area contributed by atoms with Gasteiger partial charge in [-0.1, -0.05) is 36.4 Å². The number of anilines is 1. The average Bonchev–Trinajstić information content (AvgIpc) is 3.05. The lowest BCUT2D eigenvalue weighted by Gasteiger charge is -2.38. The number of hydrogen-bond acceptors (Lipinski definition) is 6. The van der Waals surface area contributed by atoms with Crippen LogP contribution in [0.25, 0.3) is 32.9 Å². The standard InChI is InChI=1S/C34H27F5N4O5/c1-42-27-7-3-2-5-19(27)13-23(32(42)45)22-9-8-18(21-6-4-10-40-30(21)22)14-26(33(46)47)41-31(44)29-24(35)15-20(16-25(29)36)43-11-12-48-17-28(43)34(37,38)39/h2-10,13,15-16,26,28H,11-12,14,17H2,1H3,(H,41,44)(H,46,47)/t26-,28+/m0/s1. The van der Waals surface area contributed by atoms with E-state index < -0.39 is 59.6 Å². The van der Waals surface area contributed by atoms with E-state index in [-0.39, 0.29) is 25.1 Å². The number of amides is 1. The predicted octanol–water partition coefficient (Wildman–Crippen LogP) is 5.23. The Morgan fingerprint density at radius 1 is 1.04 bits per heavy atom. The lowest BCUT2D eigenvalue weighted by atomic mass is 9.95. The van der Waals surface area contributed by atoms with Gasteiger partial charge in [-0.05, 0) is 41.3 Å². The third kappa shape index (κ3) is 6.06. The number of pyridine rings is 2. The van der Waals surface area contributed by atoms with Gasteiger partial charge in [-0.2, -0.15) is 13.2 Å². The molecule has 3 heterocycles. The van der Waals surface area contributed by atoms with Crippen molar-refractivity contribution in [2.24, 2.45) is 7.05 Å². The first-order valence-corrected chi connectivity index (χ1v) is 14.7. The Labute approximate surface area is 269 Å². The molecule has 1 aliphatic heterocycles. The van der Waals surface area contributed by atoms with Crippen LogP contribution in [-0.2, 0) is 23.0 Å². The van der Waals surface area contributed by atoms with E-state index in [1.807, 2.05) is 24.3 Å². The fourth-order valence-electron chi connectivity index (χ4n) is 6.02. The third-order valence-corrected chi connectivity index (χ3v) is 8.40. The summed E-state index contributed by atoms with van der Waals surface area (Å²) in [5, 5.41) is 13.4. The molecule has 248 valence electrons. The maximum atomic E-state index is 15.2.